The molecule has 2 heteroatoms. The van der Waals surface area contributed by atoms with Gasteiger partial charge in [0, 0.05) is 5.92 Å². The van der Waals surface area contributed by atoms with E-state index < -0.39 is 0 Å². The Labute approximate surface area is 66.1 Å². The zero-order valence-electron chi connectivity index (χ0n) is 6.01. The number of hydrogen-bond donors (Lipinski definition) is 0. The largest absolute Gasteiger partial charge is 0.281 e. The second-order valence-electron chi connectivity index (χ2n) is 2.83. The highest BCUT2D eigenvalue weighted by Crippen LogP contribution is 2.26. The minimum Gasteiger partial charge on any atom is -0.281 e. The van der Waals surface area contributed by atoms with Crippen molar-refractivity contribution in [2.75, 3.05) is 0 Å². The van der Waals surface area contributed by atoms with Crippen molar-refractivity contribution < 1.29 is 4.79 Å². The smallest absolute Gasteiger partial charge is 0.225 e. The molecule has 0 unspecified atom stereocenters. The molecular formula is C8H11ClO. The Kier molecular flexibility index (Phi) is 2.50. The van der Waals surface area contributed by atoms with Crippen molar-refractivity contribution in [1.82, 2.24) is 0 Å². The standard InChI is InChI=1S/C8H11ClO/c1-6-4-2-3-5-7(6)8(9)10/h2-3,6-7H,4-5H2,1H3/t6-,7-/m1/s1. The molecule has 0 spiro atoms. The van der Waals surface area contributed by atoms with E-state index in [-0.39, 0.29) is 11.2 Å². The predicted molar refractivity (Wildman–Crippen MR) is 41.9 cm³/mol. The number of allylic oxidation sites excluding steroid dienone is 2. The lowest BCUT2D eigenvalue weighted by molar-refractivity contribution is -0.116. The zero-order valence-corrected chi connectivity index (χ0v) is 6.77. The maximum atomic E-state index is 10.7. The summed E-state index contributed by atoms with van der Waals surface area (Å²) in [6.07, 6.45) is 5.96. The van der Waals surface area contributed by atoms with E-state index in [0.29, 0.717) is 5.92 Å². The first-order chi connectivity index (χ1) is 4.72. The Balaban J connectivity index is 2.59. The van der Waals surface area contributed by atoms with Gasteiger partial charge in [0.15, 0.2) is 0 Å². The Morgan fingerprint density at radius 2 is 2.10 bits per heavy atom. The van der Waals surface area contributed by atoms with Crippen molar-refractivity contribution in [2.24, 2.45) is 11.8 Å². The molecule has 0 aliphatic heterocycles. The predicted octanol–water partition coefficient (Wildman–Crippen LogP) is 2.35. The van der Waals surface area contributed by atoms with E-state index in [0.717, 1.165) is 12.8 Å². The van der Waals surface area contributed by atoms with Gasteiger partial charge in [-0.3, -0.25) is 4.79 Å². The summed E-state index contributed by atoms with van der Waals surface area (Å²) in [5, 5.41) is -0.183. The molecule has 0 aromatic rings. The van der Waals surface area contributed by atoms with E-state index in [9.17, 15) is 4.79 Å². The number of carbonyl (C=O) groups is 1. The van der Waals surface area contributed by atoms with Crippen molar-refractivity contribution in [3.05, 3.63) is 12.2 Å². The molecule has 0 aromatic heterocycles. The summed E-state index contributed by atoms with van der Waals surface area (Å²) in [5.41, 5.74) is 0. The highest BCUT2D eigenvalue weighted by atomic mass is 35.5. The quantitative estimate of drug-likeness (QED) is 0.423. The van der Waals surface area contributed by atoms with Gasteiger partial charge in [0.2, 0.25) is 5.24 Å². The SMILES string of the molecule is C[C@@H]1CC=CC[C@H]1C(=O)Cl. The lowest BCUT2D eigenvalue weighted by Crippen LogP contribution is -2.19. The van der Waals surface area contributed by atoms with E-state index >= 15 is 0 Å². The van der Waals surface area contributed by atoms with Crippen LogP contribution < -0.4 is 0 Å². The van der Waals surface area contributed by atoms with Crippen LogP contribution >= 0.6 is 11.6 Å². The second kappa shape index (κ2) is 3.20. The molecule has 0 bridgehead atoms. The zero-order chi connectivity index (χ0) is 7.56. The molecule has 1 aliphatic carbocycles. The van der Waals surface area contributed by atoms with Gasteiger partial charge in [-0.2, -0.15) is 0 Å². The molecule has 0 amide bonds. The molecule has 0 saturated carbocycles. The first kappa shape index (κ1) is 7.80. The first-order valence-electron chi connectivity index (χ1n) is 3.56. The lowest BCUT2D eigenvalue weighted by atomic mass is 9.85. The average Bonchev–Trinajstić information content (AvgIpc) is 1.88. The molecule has 0 fully saturated rings. The van der Waals surface area contributed by atoms with Gasteiger partial charge in [0.1, 0.15) is 0 Å². The maximum absolute atomic E-state index is 10.7. The van der Waals surface area contributed by atoms with E-state index in [2.05, 4.69) is 13.0 Å². The molecule has 0 heterocycles. The van der Waals surface area contributed by atoms with Crippen LogP contribution in [0.25, 0.3) is 0 Å². The molecule has 0 radical (unpaired) electrons. The van der Waals surface area contributed by atoms with Gasteiger partial charge in [-0.25, -0.2) is 0 Å². The fourth-order valence-corrected chi connectivity index (χ4v) is 1.57. The Bertz CT molecular complexity index is 163. The van der Waals surface area contributed by atoms with Crippen LogP contribution in [0.3, 0.4) is 0 Å². The third kappa shape index (κ3) is 1.60. The van der Waals surface area contributed by atoms with E-state index in [1.807, 2.05) is 6.08 Å². The molecule has 0 aromatic carbocycles. The van der Waals surface area contributed by atoms with Crippen molar-refractivity contribution in [2.45, 2.75) is 19.8 Å². The van der Waals surface area contributed by atoms with Gasteiger partial charge in [0.25, 0.3) is 0 Å². The monoisotopic (exact) mass is 158 g/mol. The van der Waals surface area contributed by atoms with Crippen molar-refractivity contribution in [3.63, 3.8) is 0 Å². The summed E-state index contributed by atoms with van der Waals surface area (Å²) in [4.78, 5) is 10.7. The highest BCUT2D eigenvalue weighted by molar-refractivity contribution is 6.64. The Morgan fingerprint density at radius 1 is 1.50 bits per heavy atom. The van der Waals surface area contributed by atoms with Gasteiger partial charge >= 0.3 is 0 Å². The van der Waals surface area contributed by atoms with Gasteiger partial charge in [-0.1, -0.05) is 19.1 Å². The molecule has 1 aliphatic rings. The summed E-state index contributed by atoms with van der Waals surface area (Å²) in [7, 11) is 0. The number of carbonyl (C=O) groups excluding carboxylic acids is 1. The van der Waals surface area contributed by atoms with Gasteiger partial charge < -0.3 is 0 Å². The normalized spacial score (nSPS) is 32.2. The molecule has 56 valence electrons. The second-order valence-corrected chi connectivity index (χ2v) is 3.20. The van der Waals surface area contributed by atoms with Crippen LogP contribution in [0.1, 0.15) is 19.8 Å². The molecule has 1 rings (SSSR count). The fraction of sp³-hybridized carbons (Fsp3) is 0.625. The van der Waals surface area contributed by atoms with Crippen LogP contribution in [0.15, 0.2) is 12.2 Å². The van der Waals surface area contributed by atoms with E-state index in [1.165, 1.54) is 0 Å². The fourth-order valence-electron chi connectivity index (χ4n) is 1.27. The van der Waals surface area contributed by atoms with Crippen LogP contribution in [0.2, 0.25) is 0 Å². The lowest BCUT2D eigenvalue weighted by Gasteiger charge is -2.20. The highest BCUT2D eigenvalue weighted by Gasteiger charge is 2.23. The Hall–Kier alpha value is -0.300. The van der Waals surface area contributed by atoms with Gasteiger partial charge in [0.05, 0.1) is 0 Å². The van der Waals surface area contributed by atoms with Crippen LogP contribution in [0.5, 0.6) is 0 Å². The number of rotatable bonds is 1. The molecular weight excluding hydrogens is 148 g/mol. The van der Waals surface area contributed by atoms with Crippen LogP contribution in [0.4, 0.5) is 0 Å². The topological polar surface area (TPSA) is 17.1 Å². The van der Waals surface area contributed by atoms with Crippen LogP contribution in [0, 0.1) is 11.8 Å². The summed E-state index contributed by atoms with van der Waals surface area (Å²) in [6.45, 7) is 2.06. The third-order valence-corrected chi connectivity index (χ3v) is 2.32. The van der Waals surface area contributed by atoms with E-state index in [4.69, 9.17) is 11.6 Å². The molecule has 10 heavy (non-hydrogen) atoms. The molecule has 0 saturated heterocycles. The van der Waals surface area contributed by atoms with Crippen LogP contribution in [-0.2, 0) is 4.79 Å². The molecule has 1 nitrogen and oxygen atoms in total. The van der Waals surface area contributed by atoms with Crippen molar-refractivity contribution >= 4 is 16.8 Å². The molecule has 2 atom stereocenters. The Morgan fingerprint density at radius 3 is 2.50 bits per heavy atom. The van der Waals surface area contributed by atoms with E-state index in [1.54, 1.807) is 0 Å². The van der Waals surface area contributed by atoms with Crippen molar-refractivity contribution in [1.29, 1.82) is 0 Å². The average molecular weight is 159 g/mol. The maximum Gasteiger partial charge on any atom is 0.225 e. The third-order valence-electron chi connectivity index (χ3n) is 2.04. The summed E-state index contributed by atoms with van der Waals surface area (Å²) in [5.74, 6) is 0.488. The number of halogens is 1. The minimum atomic E-state index is -0.183. The summed E-state index contributed by atoms with van der Waals surface area (Å²) < 4.78 is 0. The minimum absolute atomic E-state index is 0.0617. The first-order valence-corrected chi connectivity index (χ1v) is 3.94. The summed E-state index contributed by atoms with van der Waals surface area (Å²) in [6, 6.07) is 0. The summed E-state index contributed by atoms with van der Waals surface area (Å²) >= 11 is 5.38. The number of hydrogen-bond acceptors (Lipinski definition) is 1. The van der Waals surface area contributed by atoms with Crippen LogP contribution in [-0.4, -0.2) is 5.24 Å². The van der Waals surface area contributed by atoms with Gasteiger partial charge in [-0.15, -0.1) is 0 Å². The van der Waals surface area contributed by atoms with Crippen molar-refractivity contribution in [3.8, 4) is 0 Å². The molecule has 0 N–H and O–H groups in total. The van der Waals surface area contributed by atoms with Gasteiger partial charge in [-0.05, 0) is 30.4 Å².